The Labute approximate surface area is 169 Å². The van der Waals surface area contributed by atoms with Crippen LogP contribution in [0, 0.1) is 0 Å². The standard InChI is InChI=1S/C17H17ClF3N3O4S/c1-23(13-3-2-4-14-11(13)8-22-24(14)9-16(25)26)29(27,28)15-6-5-10(7-12(15)18)17(19,20)21/h5-8,13H,2-4,9H2,1H3,(H,25,26)/t13-/m0/s1. The van der Waals surface area contributed by atoms with E-state index < -0.39 is 43.7 Å². The number of carboxylic acid groups (broad SMARTS) is 1. The van der Waals surface area contributed by atoms with E-state index in [4.69, 9.17) is 16.7 Å². The summed E-state index contributed by atoms with van der Waals surface area (Å²) < 4.78 is 67.0. The van der Waals surface area contributed by atoms with Crippen LogP contribution in [0.15, 0.2) is 29.3 Å². The normalized spacial score (nSPS) is 17.4. The first kappa shape index (κ1) is 21.6. The van der Waals surface area contributed by atoms with Crippen molar-refractivity contribution in [2.45, 2.75) is 42.9 Å². The second-order valence-corrected chi connectivity index (χ2v) is 9.04. The van der Waals surface area contributed by atoms with Gasteiger partial charge < -0.3 is 5.11 Å². The molecule has 0 spiro atoms. The van der Waals surface area contributed by atoms with E-state index in [2.05, 4.69) is 5.10 Å². The summed E-state index contributed by atoms with van der Waals surface area (Å²) in [6, 6.07) is 1.46. The van der Waals surface area contributed by atoms with Gasteiger partial charge in [0.1, 0.15) is 11.4 Å². The van der Waals surface area contributed by atoms with Crippen molar-refractivity contribution < 1.29 is 31.5 Å². The summed E-state index contributed by atoms with van der Waals surface area (Å²) in [6.07, 6.45) is -1.60. The van der Waals surface area contributed by atoms with E-state index in [0.29, 0.717) is 42.7 Å². The molecule has 0 bridgehead atoms. The van der Waals surface area contributed by atoms with Gasteiger partial charge >= 0.3 is 12.1 Å². The number of carbonyl (C=O) groups is 1. The Balaban J connectivity index is 1.96. The summed E-state index contributed by atoms with van der Waals surface area (Å²) in [5.41, 5.74) is 0.162. The van der Waals surface area contributed by atoms with E-state index in [1.807, 2.05) is 0 Å². The first-order valence-electron chi connectivity index (χ1n) is 8.54. The molecule has 158 valence electrons. The molecule has 1 heterocycles. The summed E-state index contributed by atoms with van der Waals surface area (Å²) >= 11 is 5.88. The monoisotopic (exact) mass is 451 g/mol. The summed E-state index contributed by atoms with van der Waals surface area (Å²) in [7, 11) is -2.89. The summed E-state index contributed by atoms with van der Waals surface area (Å²) in [6.45, 7) is -0.344. The van der Waals surface area contributed by atoms with Crippen LogP contribution in [0.4, 0.5) is 13.2 Å². The topological polar surface area (TPSA) is 92.5 Å². The van der Waals surface area contributed by atoms with Crippen LogP contribution in [-0.2, 0) is 34.0 Å². The largest absolute Gasteiger partial charge is 0.480 e. The van der Waals surface area contributed by atoms with E-state index in [-0.39, 0.29) is 6.54 Å². The second kappa shape index (κ2) is 7.62. The van der Waals surface area contributed by atoms with Crippen molar-refractivity contribution in [2.24, 2.45) is 0 Å². The lowest BCUT2D eigenvalue weighted by Gasteiger charge is -2.31. The Morgan fingerprint density at radius 2 is 2.10 bits per heavy atom. The number of benzene rings is 1. The smallest absolute Gasteiger partial charge is 0.416 e. The van der Waals surface area contributed by atoms with Crippen LogP contribution >= 0.6 is 11.6 Å². The van der Waals surface area contributed by atoms with Gasteiger partial charge in [-0.05, 0) is 37.5 Å². The van der Waals surface area contributed by atoms with E-state index in [1.54, 1.807) is 0 Å². The van der Waals surface area contributed by atoms with Crippen LogP contribution < -0.4 is 0 Å². The van der Waals surface area contributed by atoms with Crippen molar-refractivity contribution in [3.05, 3.63) is 46.2 Å². The van der Waals surface area contributed by atoms with E-state index in [0.717, 1.165) is 10.4 Å². The Morgan fingerprint density at radius 1 is 1.41 bits per heavy atom. The van der Waals surface area contributed by atoms with Gasteiger partial charge in [-0.1, -0.05) is 11.6 Å². The molecule has 0 unspecified atom stereocenters. The minimum absolute atomic E-state index is 0.344. The molecule has 0 saturated carbocycles. The Hall–Kier alpha value is -2.11. The predicted octanol–water partition coefficient (Wildman–Crippen LogP) is 3.34. The van der Waals surface area contributed by atoms with Crippen molar-refractivity contribution >= 4 is 27.6 Å². The fraction of sp³-hybridized carbons (Fsp3) is 0.412. The zero-order valence-corrected chi connectivity index (χ0v) is 16.7. The number of alkyl halides is 3. The van der Waals surface area contributed by atoms with Crippen LogP contribution in [0.3, 0.4) is 0 Å². The molecule has 7 nitrogen and oxygen atoms in total. The van der Waals surface area contributed by atoms with Gasteiger partial charge in [0.2, 0.25) is 10.0 Å². The number of carboxylic acids is 1. The fourth-order valence-electron chi connectivity index (χ4n) is 3.45. The van der Waals surface area contributed by atoms with Crippen LogP contribution in [-0.4, -0.2) is 40.6 Å². The summed E-state index contributed by atoms with van der Waals surface area (Å²) in [5.74, 6) is -1.07. The highest BCUT2D eigenvalue weighted by molar-refractivity contribution is 7.89. The number of halogens is 4. The van der Waals surface area contributed by atoms with Gasteiger partial charge in [-0.3, -0.25) is 9.48 Å². The number of aliphatic carboxylic acids is 1. The molecule has 1 aromatic carbocycles. The van der Waals surface area contributed by atoms with Gasteiger partial charge in [0, 0.05) is 18.3 Å². The van der Waals surface area contributed by atoms with Gasteiger partial charge in [-0.25, -0.2) is 8.42 Å². The molecule has 0 aliphatic heterocycles. The van der Waals surface area contributed by atoms with Gasteiger partial charge in [-0.15, -0.1) is 0 Å². The lowest BCUT2D eigenvalue weighted by atomic mass is 9.93. The highest BCUT2D eigenvalue weighted by atomic mass is 35.5. The lowest BCUT2D eigenvalue weighted by Crippen LogP contribution is -2.33. The lowest BCUT2D eigenvalue weighted by molar-refractivity contribution is -0.138. The third kappa shape index (κ3) is 4.12. The van der Waals surface area contributed by atoms with Gasteiger partial charge in [0.05, 0.1) is 22.8 Å². The minimum atomic E-state index is -4.64. The Morgan fingerprint density at radius 3 is 2.69 bits per heavy atom. The highest BCUT2D eigenvalue weighted by Crippen LogP contribution is 2.39. The molecule has 3 rings (SSSR count). The summed E-state index contributed by atoms with van der Waals surface area (Å²) in [4.78, 5) is 10.6. The Kier molecular flexibility index (Phi) is 5.67. The number of aromatic nitrogens is 2. The molecule has 0 fully saturated rings. The Bertz CT molecular complexity index is 1050. The molecule has 1 atom stereocenters. The molecule has 0 amide bonds. The van der Waals surface area contributed by atoms with Crippen LogP contribution in [0.2, 0.25) is 5.02 Å². The maximum atomic E-state index is 13.0. The van der Waals surface area contributed by atoms with Gasteiger partial charge in [0.15, 0.2) is 0 Å². The molecule has 1 N–H and O–H groups in total. The van der Waals surface area contributed by atoms with Crippen molar-refractivity contribution in [1.82, 2.24) is 14.1 Å². The molecule has 2 aromatic rings. The van der Waals surface area contributed by atoms with E-state index >= 15 is 0 Å². The SMILES string of the molecule is CN([C@H]1CCCc2c1cnn2CC(=O)O)S(=O)(=O)c1ccc(C(F)(F)F)cc1Cl. The molecule has 1 aliphatic carbocycles. The number of hydrogen-bond donors (Lipinski definition) is 1. The minimum Gasteiger partial charge on any atom is -0.480 e. The molecule has 1 aliphatic rings. The van der Waals surface area contributed by atoms with Crippen molar-refractivity contribution in [1.29, 1.82) is 0 Å². The number of hydrogen-bond acceptors (Lipinski definition) is 4. The fourth-order valence-corrected chi connectivity index (χ4v) is 5.33. The maximum absolute atomic E-state index is 13.0. The highest BCUT2D eigenvalue weighted by Gasteiger charge is 2.37. The molecule has 0 saturated heterocycles. The molecular weight excluding hydrogens is 435 g/mol. The predicted molar refractivity (Wildman–Crippen MR) is 96.9 cm³/mol. The van der Waals surface area contributed by atoms with Crippen molar-refractivity contribution in [3.8, 4) is 0 Å². The first-order valence-corrected chi connectivity index (χ1v) is 10.4. The third-order valence-electron chi connectivity index (χ3n) is 4.87. The van der Waals surface area contributed by atoms with Crippen LogP contribution in [0.25, 0.3) is 0 Å². The zero-order valence-electron chi connectivity index (χ0n) is 15.1. The molecule has 29 heavy (non-hydrogen) atoms. The van der Waals surface area contributed by atoms with E-state index in [1.165, 1.54) is 17.9 Å². The number of nitrogens with zero attached hydrogens (tertiary/aromatic N) is 3. The van der Waals surface area contributed by atoms with Crippen molar-refractivity contribution in [3.63, 3.8) is 0 Å². The average molecular weight is 452 g/mol. The second-order valence-electron chi connectivity index (χ2n) is 6.67. The number of sulfonamides is 1. The molecule has 0 radical (unpaired) electrons. The van der Waals surface area contributed by atoms with Crippen LogP contribution in [0.1, 0.15) is 35.7 Å². The zero-order chi connectivity index (χ0) is 21.6. The number of rotatable bonds is 5. The van der Waals surface area contributed by atoms with Crippen LogP contribution in [0.5, 0.6) is 0 Å². The van der Waals surface area contributed by atoms with Crippen molar-refractivity contribution in [2.75, 3.05) is 7.05 Å². The summed E-state index contributed by atoms with van der Waals surface area (Å²) in [5, 5.41) is 12.5. The van der Waals surface area contributed by atoms with E-state index in [9.17, 15) is 26.4 Å². The molecular formula is C17H17ClF3N3O4S. The molecule has 12 heteroatoms. The van der Waals surface area contributed by atoms with Gasteiger partial charge in [0.25, 0.3) is 0 Å². The third-order valence-corrected chi connectivity index (χ3v) is 7.22. The average Bonchev–Trinajstić information content (AvgIpc) is 3.02. The quantitative estimate of drug-likeness (QED) is 0.752. The number of fused-ring (bicyclic) bond motifs is 1. The first-order chi connectivity index (χ1) is 13.4. The van der Waals surface area contributed by atoms with Gasteiger partial charge in [-0.2, -0.15) is 22.6 Å². The molecule has 1 aromatic heterocycles. The maximum Gasteiger partial charge on any atom is 0.416 e.